The largest absolute Gasteiger partial charge is 0.495 e. The van der Waals surface area contributed by atoms with Gasteiger partial charge in [0.15, 0.2) is 0 Å². The Bertz CT molecular complexity index is 420. The summed E-state index contributed by atoms with van der Waals surface area (Å²) in [6, 6.07) is 5.56. The first-order valence-electron chi connectivity index (χ1n) is 6.25. The van der Waals surface area contributed by atoms with Crippen molar-refractivity contribution >= 4 is 17.3 Å². The lowest BCUT2D eigenvalue weighted by atomic mass is 10.1. The summed E-state index contributed by atoms with van der Waals surface area (Å²) in [5, 5.41) is 4.05. The van der Waals surface area contributed by atoms with Crippen LogP contribution < -0.4 is 10.1 Å². The van der Waals surface area contributed by atoms with Crippen molar-refractivity contribution in [1.29, 1.82) is 0 Å². The first-order valence-corrected chi connectivity index (χ1v) is 6.63. The van der Waals surface area contributed by atoms with Gasteiger partial charge in [-0.1, -0.05) is 11.6 Å². The van der Waals surface area contributed by atoms with Gasteiger partial charge in [-0.2, -0.15) is 0 Å². The molecule has 0 spiro atoms. The molecule has 1 saturated heterocycles. The molecule has 1 aliphatic rings. The van der Waals surface area contributed by atoms with E-state index in [0.29, 0.717) is 5.02 Å². The van der Waals surface area contributed by atoms with Gasteiger partial charge < -0.3 is 14.8 Å². The van der Waals surface area contributed by atoms with Crippen LogP contribution in [0, 0.1) is 0 Å². The summed E-state index contributed by atoms with van der Waals surface area (Å²) in [5.41, 5.74) is 0.920. The normalized spacial score (nSPS) is 21.9. The molecule has 0 aliphatic carbocycles. The highest BCUT2D eigenvalue weighted by Crippen LogP contribution is 2.31. The van der Waals surface area contributed by atoms with Crippen molar-refractivity contribution in [3.8, 4) is 5.75 Å². The van der Waals surface area contributed by atoms with Crippen molar-refractivity contribution < 1.29 is 9.47 Å². The minimum Gasteiger partial charge on any atom is -0.495 e. The molecule has 1 atom stereocenters. The van der Waals surface area contributed by atoms with E-state index in [1.807, 2.05) is 18.2 Å². The van der Waals surface area contributed by atoms with Crippen LogP contribution in [0.1, 0.15) is 26.7 Å². The van der Waals surface area contributed by atoms with E-state index in [0.717, 1.165) is 30.8 Å². The minimum absolute atomic E-state index is 0.00473. The number of ether oxygens (including phenoxy) is 2. The standard InChI is InChI=1S/C14H20ClNO2/c1-14(2)7-6-11(18-14)9-16-12-8-10(15)4-5-13(12)17-3/h4-5,8,11,16H,6-7,9H2,1-3H3. The molecule has 0 radical (unpaired) electrons. The van der Waals surface area contributed by atoms with Crippen LogP contribution in [0.4, 0.5) is 5.69 Å². The van der Waals surface area contributed by atoms with Crippen LogP contribution >= 0.6 is 11.6 Å². The average Bonchev–Trinajstić information content (AvgIpc) is 2.66. The highest BCUT2D eigenvalue weighted by Gasteiger charge is 2.31. The summed E-state index contributed by atoms with van der Waals surface area (Å²) < 4.78 is 11.2. The number of halogens is 1. The van der Waals surface area contributed by atoms with Gasteiger partial charge in [-0.05, 0) is 44.9 Å². The number of rotatable bonds is 4. The molecule has 2 rings (SSSR count). The van der Waals surface area contributed by atoms with Crippen LogP contribution in [0.3, 0.4) is 0 Å². The SMILES string of the molecule is COc1ccc(Cl)cc1NCC1CCC(C)(C)O1. The summed E-state index contributed by atoms with van der Waals surface area (Å²) in [4.78, 5) is 0. The van der Waals surface area contributed by atoms with Gasteiger partial charge in [-0.15, -0.1) is 0 Å². The Balaban J connectivity index is 1.96. The second kappa shape index (κ2) is 5.37. The van der Waals surface area contributed by atoms with E-state index < -0.39 is 0 Å². The predicted molar refractivity (Wildman–Crippen MR) is 74.7 cm³/mol. The monoisotopic (exact) mass is 269 g/mol. The number of hydrogen-bond acceptors (Lipinski definition) is 3. The Morgan fingerprint density at radius 1 is 1.50 bits per heavy atom. The zero-order valence-electron chi connectivity index (χ0n) is 11.1. The van der Waals surface area contributed by atoms with Crippen LogP contribution in [-0.2, 0) is 4.74 Å². The molecule has 0 amide bonds. The molecule has 3 nitrogen and oxygen atoms in total. The molecule has 0 bridgehead atoms. The summed E-state index contributed by atoms with van der Waals surface area (Å²) in [5.74, 6) is 0.802. The fourth-order valence-corrected chi connectivity index (χ4v) is 2.44. The number of methoxy groups -OCH3 is 1. The van der Waals surface area contributed by atoms with Gasteiger partial charge in [0.1, 0.15) is 5.75 Å². The number of nitrogens with one attached hydrogen (secondary N) is 1. The number of hydrogen-bond donors (Lipinski definition) is 1. The van der Waals surface area contributed by atoms with E-state index in [-0.39, 0.29) is 11.7 Å². The maximum Gasteiger partial charge on any atom is 0.142 e. The number of benzene rings is 1. The van der Waals surface area contributed by atoms with Crippen LogP contribution in [0.25, 0.3) is 0 Å². The van der Waals surface area contributed by atoms with Gasteiger partial charge in [0, 0.05) is 11.6 Å². The Morgan fingerprint density at radius 3 is 2.89 bits per heavy atom. The summed E-state index contributed by atoms with van der Waals surface area (Å²) >= 11 is 5.99. The smallest absolute Gasteiger partial charge is 0.142 e. The molecule has 4 heteroatoms. The Hall–Kier alpha value is -0.930. The third-order valence-electron chi connectivity index (χ3n) is 3.24. The lowest BCUT2D eigenvalue weighted by molar-refractivity contribution is -0.00911. The zero-order chi connectivity index (χ0) is 13.2. The Kier molecular flexibility index (Phi) is 4.03. The molecule has 1 unspecified atom stereocenters. The number of anilines is 1. The lowest BCUT2D eigenvalue weighted by Crippen LogP contribution is -2.24. The molecule has 1 aliphatic heterocycles. The lowest BCUT2D eigenvalue weighted by Gasteiger charge is -2.20. The average molecular weight is 270 g/mol. The van der Waals surface area contributed by atoms with Crippen LogP contribution in [0.15, 0.2) is 18.2 Å². The topological polar surface area (TPSA) is 30.5 Å². The molecule has 0 saturated carbocycles. The van der Waals surface area contributed by atoms with Gasteiger partial charge in [0.05, 0.1) is 24.5 Å². The zero-order valence-corrected chi connectivity index (χ0v) is 11.9. The Labute approximate surface area is 113 Å². The van der Waals surface area contributed by atoms with Crippen molar-refractivity contribution in [2.45, 2.75) is 38.4 Å². The van der Waals surface area contributed by atoms with E-state index in [1.54, 1.807) is 7.11 Å². The summed E-state index contributed by atoms with van der Waals surface area (Å²) in [7, 11) is 1.66. The van der Waals surface area contributed by atoms with Crippen LogP contribution in [0.2, 0.25) is 5.02 Å². The summed E-state index contributed by atoms with van der Waals surface area (Å²) in [6.45, 7) is 5.04. The van der Waals surface area contributed by atoms with Crippen molar-refractivity contribution in [1.82, 2.24) is 0 Å². The quantitative estimate of drug-likeness (QED) is 0.904. The molecular weight excluding hydrogens is 250 g/mol. The molecule has 1 N–H and O–H groups in total. The van der Waals surface area contributed by atoms with Gasteiger partial charge >= 0.3 is 0 Å². The van der Waals surface area contributed by atoms with Crippen LogP contribution in [0.5, 0.6) is 5.75 Å². The van der Waals surface area contributed by atoms with Crippen molar-refractivity contribution in [2.24, 2.45) is 0 Å². The Morgan fingerprint density at radius 2 is 2.28 bits per heavy atom. The third-order valence-corrected chi connectivity index (χ3v) is 3.47. The molecule has 1 aromatic carbocycles. The van der Waals surface area contributed by atoms with Gasteiger partial charge in [-0.25, -0.2) is 0 Å². The molecular formula is C14H20ClNO2. The first kappa shape index (κ1) is 13.5. The maximum atomic E-state index is 5.99. The molecule has 100 valence electrons. The van der Waals surface area contributed by atoms with Crippen molar-refractivity contribution in [3.63, 3.8) is 0 Å². The molecule has 1 heterocycles. The fourth-order valence-electron chi connectivity index (χ4n) is 2.26. The first-order chi connectivity index (χ1) is 8.50. The second-order valence-corrected chi connectivity index (χ2v) is 5.70. The molecule has 1 aromatic rings. The van der Waals surface area contributed by atoms with E-state index in [4.69, 9.17) is 21.1 Å². The van der Waals surface area contributed by atoms with E-state index in [2.05, 4.69) is 19.2 Å². The highest BCUT2D eigenvalue weighted by atomic mass is 35.5. The predicted octanol–water partition coefficient (Wildman–Crippen LogP) is 3.72. The van der Waals surface area contributed by atoms with E-state index in [1.165, 1.54) is 0 Å². The second-order valence-electron chi connectivity index (χ2n) is 5.26. The van der Waals surface area contributed by atoms with Gasteiger partial charge in [-0.3, -0.25) is 0 Å². The highest BCUT2D eigenvalue weighted by molar-refractivity contribution is 6.30. The molecule has 1 fully saturated rings. The molecule has 18 heavy (non-hydrogen) atoms. The van der Waals surface area contributed by atoms with E-state index >= 15 is 0 Å². The summed E-state index contributed by atoms with van der Waals surface area (Å²) in [6.07, 6.45) is 2.44. The fraction of sp³-hybridized carbons (Fsp3) is 0.571. The maximum absolute atomic E-state index is 5.99. The van der Waals surface area contributed by atoms with Crippen molar-refractivity contribution in [3.05, 3.63) is 23.2 Å². The van der Waals surface area contributed by atoms with Gasteiger partial charge in [0.2, 0.25) is 0 Å². The van der Waals surface area contributed by atoms with Crippen LogP contribution in [-0.4, -0.2) is 25.4 Å². The molecule has 0 aromatic heterocycles. The van der Waals surface area contributed by atoms with Gasteiger partial charge in [0.25, 0.3) is 0 Å². The minimum atomic E-state index is 0.00473. The third kappa shape index (κ3) is 3.30. The van der Waals surface area contributed by atoms with E-state index in [9.17, 15) is 0 Å². The van der Waals surface area contributed by atoms with Crippen molar-refractivity contribution in [2.75, 3.05) is 19.0 Å².